The van der Waals surface area contributed by atoms with Crippen LogP contribution in [0.2, 0.25) is 5.02 Å². The van der Waals surface area contributed by atoms with Crippen molar-refractivity contribution in [2.75, 3.05) is 0 Å². The number of oxazole rings is 1. The molecule has 0 amide bonds. The Morgan fingerprint density at radius 2 is 2.33 bits per heavy atom. The standard InChI is InChI=1S/C9H5ClNO/c10-8-3-1-2-7(6-8)9-11-4-5-12-9/h1-3,5-6H. The van der Waals surface area contributed by atoms with Crippen molar-refractivity contribution < 1.29 is 4.42 Å². The number of rotatable bonds is 1. The lowest BCUT2D eigenvalue weighted by molar-refractivity contribution is 0.574. The van der Waals surface area contributed by atoms with Gasteiger partial charge in [0.2, 0.25) is 5.89 Å². The van der Waals surface area contributed by atoms with Gasteiger partial charge >= 0.3 is 0 Å². The van der Waals surface area contributed by atoms with Crippen LogP contribution in [-0.4, -0.2) is 4.98 Å². The summed E-state index contributed by atoms with van der Waals surface area (Å²) in [5.41, 5.74) is 0.865. The highest BCUT2D eigenvalue weighted by molar-refractivity contribution is 6.30. The number of hydrogen-bond donors (Lipinski definition) is 0. The van der Waals surface area contributed by atoms with Crippen molar-refractivity contribution in [3.8, 4) is 11.5 Å². The average Bonchev–Trinajstić information content (AvgIpc) is 2.56. The van der Waals surface area contributed by atoms with Crippen LogP contribution >= 0.6 is 11.6 Å². The van der Waals surface area contributed by atoms with E-state index < -0.39 is 0 Å². The summed E-state index contributed by atoms with van der Waals surface area (Å²) < 4.78 is 5.05. The third-order valence-electron chi connectivity index (χ3n) is 1.46. The van der Waals surface area contributed by atoms with Crippen LogP contribution in [0.25, 0.3) is 11.5 Å². The molecule has 2 nitrogen and oxygen atoms in total. The third-order valence-corrected chi connectivity index (χ3v) is 1.70. The van der Waals surface area contributed by atoms with Gasteiger partial charge in [-0.25, -0.2) is 4.98 Å². The molecular weight excluding hydrogens is 174 g/mol. The second kappa shape index (κ2) is 2.99. The molecule has 0 atom stereocenters. The Bertz CT molecular complexity index is 370. The van der Waals surface area contributed by atoms with E-state index in [-0.39, 0.29) is 0 Å². The van der Waals surface area contributed by atoms with E-state index >= 15 is 0 Å². The molecule has 2 rings (SSSR count). The summed E-state index contributed by atoms with van der Waals surface area (Å²) in [5, 5.41) is 0.672. The van der Waals surface area contributed by atoms with Crippen molar-refractivity contribution in [2.24, 2.45) is 0 Å². The third kappa shape index (κ3) is 1.34. The van der Waals surface area contributed by atoms with E-state index in [1.54, 1.807) is 12.1 Å². The molecule has 0 saturated heterocycles. The molecule has 0 bridgehead atoms. The first kappa shape index (κ1) is 7.37. The number of hydrogen-bond acceptors (Lipinski definition) is 2. The normalized spacial score (nSPS) is 10.1. The Kier molecular flexibility index (Phi) is 1.84. The summed E-state index contributed by atoms with van der Waals surface area (Å²) in [4.78, 5) is 3.88. The summed E-state index contributed by atoms with van der Waals surface area (Å²) >= 11 is 5.78. The highest BCUT2D eigenvalue weighted by Crippen LogP contribution is 2.20. The molecule has 3 heteroatoms. The van der Waals surface area contributed by atoms with Gasteiger partial charge in [0.15, 0.2) is 0 Å². The molecule has 0 spiro atoms. The summed E-state index contributed by atoms with van der Waals surface area (Å²) in [6.45, 7) is 0. The maximum Gasteiger partial charge on any atom is 0.226 e. The number of nitrogens with zero attached hydrogens (tertiary/aromatic N) is 1. The van der Waals surface area contributed by atoms with Gasteiger partial charge in [-0.15, -0.1) is 0 Å². The maximum absolute atomic E-state index is 5.78. The monoisotopic (exact) mass is 178 g/mol. The highest BCUT2D eigenvalue weighted by Gasteiger charge is 2.01. The van der Waals surface area contributed by atoms with E-state index in [1.165, 1.54) is 6.26 Å². The second-order valence-electron chi connectivity index (χ2n) is 2.29. The van der Waals surface area contributed by atoms with Gasteiger partial charge in [0.05, 0.1) is 0 Å². The molecule has 0 aliphatic carbocycles. The highest BCUT2D eigenvalue weighted by atomic mass is 35.5. The summed E-state index contributed by atoms with van der Waals surface area (Å²) in [6.07, 6.45) is 4.00. The van der Waals surface area contributed by atoms with E-state index in [0.29, 0.717) is 10.9 Å². The molecule has 0 N–H and O–H groups in total. The molecule has 0 unspecified atom stereocenters. The first-order valence-electron chi connectivity index (χ1n) is 3.44. The average molecular weight is 179 g/mol. The maximum atomic E-state index is 5.78. The Balaban J connectivity index is 2.48. The van der Waals surface area contributed by atoms with Crippen molar-refractivity contribution in [2.45, 2.75) is 0 Å². The van der Waals surface area contributed by atoms with E-state index in [2.05, 4.69) is 11.2 Å². The fraction of sp³-hybridized carbons (Fsp3) is 0. The molecule has 59 valence electrons. The van der Waals surface area contributed by atoms with Crippen LogP contribution in [0.1, 0.15) is 0 Å². The van der Waals surface area contributed by atoms with Gasteiger partial charge in [-0.05, 0) is 18.2 Å². The quantitative estimate of drug-likeness (QED) is 0.671. The first-order valence-corrected chi connectivity index (χ1v) is 3.81. The molecule has 1 aromatic carbocycles. The van der Waals surface area contributed by atoms with Crippen LogP contribution in [0.3, 0.4) is 0 Å². The summed E-state index contributed by atoms with van der Waals surface area (Å²) in [5.74, 6) is 0.539. The molecular formula is C9H5ClNO. The molecule has 0 aliphatic rings. The van der Waals surface area contributed by atoms with Crippen LogP contribution in [-0.2, 0) is 0 Å². The Hall–Kier alpha value is -1.28. The van der Waals surface area contributed by atoms with Gasteiger partial charge < -0.3 is 4.42 Å². The minimum absolute atomic E-state index is 0.539. The predicted molar refractivity (Wildman–Crippen MR) is 45.8 cm³/mol. The van der Waals surface area contributed by atoms with E-state index in [1.807, 2.05) is 12.1 Å². The van der Waals surface area contributed by atoms with Gasteiger partial charge in [-0.3, -0.25) is 0 Å². The Morgan fingerprint density at radius 3 is 3.00 bits per heavy atom. The topological polar surface area (TPSA) is 26.0 Å². The van der Waals surface area contributed by atoms with Gasteiger partial charge in [-0.1, -0.05) is 17.7 Å². The zero-order chi connectivity index (χ0) is 8.39. The zero-order valence-electron chi connectivity index (χ0n) is 6.12. The number of halogens is 1. The largest absolute Gasteiger partial charge is 0.444 e. The Morgan fingerprint density at radius 1 is 1.42 bits per heavy atom. The summed E-state index contributed by atoms with van der Waals surface area (Å²) in [6, 6.07) is 7.33. The Labute approximate surface area is 74.8 Å². The molecule has 1 heterocycles. The molecule has 12 heavy (non-hydrogen) atoms. The first-order chi connectivity index (χ1) is 5.86. The minimum Gasteiger partial charge on any atom is -0.444 e. The second-order valence-corrected chi connectivity index (χ2v) is 2.73. The van der Waals surface area contributed by atoms with Crippen LogP contribution in [0.15, 0.2) is 34.9 Å². The van der Waals surface area contributed by atoms with Crippen molar-refractivity contribution >= 4 is 11.6 Å². The van der Waals surface area contributed by atoms with Crippen molar-refractivity contribution in [3.63, 3.8) is 0 Å². The molecule has 1 radical (unpaired) electrons. The van der Waals surface area contributed by atoms with Crippen molar-refractivity contribution in [1.82, 2.24) is 4.98 Å². The van der Waals surface area contributed by atoms with Crippen LogP contribution in [0.5, 0.6) is 0 Å². The predicted octanol–water partition coefficient (Wildman–Crippen LogP) is 2.80. The molecule has 0 aliphatic heterocycles. The van der Waals surface area contributed by atoms with Gasteiger partial charge in [-0.2, -0.15) is 0 Å². The number of aromatic nitrogens is 1. The van der Waals surface area contributed by atoms with Crippen molar-refractivity contribution in [3.05, 3.63) is 41.7 Å². The van der Waals surface area contributed by atoms with Crippen LogP contribution in [0.4, 0.5) is 0 Å². The minimum atomic E-state index is 0.539. The van der Waals surface area contributed by atoms with E-state index in [4.69, 9.17) is 16.0 Å². The fourth-order valence-corrected chi connectivity index (χ4v) is 1.14. The van der Waals surface area contributed by atoms with Crippen LogP contribution in [0, 0.1) is 6.20 Å². The molecule has 0 saturated carbocycles. The zero-order valence-corrected chi connectivity index (χ0v) is 6.88. The van der Waals surface area contributed by atoms with Gasteiger partial charge in [0.1, 0.15) is 12.5 Å². The summed E-state index contributed by atoms with van der Waals surface area (Å²) in [7, 11) is 0. The van der Waals surface area contributed by atoms with Gasteiger partial charge in [0.25, 0.3) is 0 Å². The molecule has 2 aromatic rings. The van der Waals surface area contributed by atoms with E-state index in [0.717, 1.165) is 5.56 Å². The van der Waals surface area contributed by atoms with Crippen molar-refractivity contribution in [1.29, 1.82) is 0 Å². The molecule has 1 aromatic heterocycles. The lowest BCUT2D eigenvalue weighted by atomic mass is 10.2. The van der Waals surface area contributed by atoms with Crippen LogP contribution < -0.4 is 0 Å². The molecule has 0 fully saturated rings. The van der Waals surface area contributed by atoms with Gasteiger partial charge in [0, 0.05) is 10.6 Å². The lowest BCUT2D eigenvalue weighted by Gasteiger charge is -1.94. The fourth-order valence-electron chi connectivity index (χ4n) is 0.948. The SMILES string of the molecule is Clc1cccc(-c2n[c]co2)c1. The smallest absolute Gasteiger partial charge is 0.226 e. The van der Waals surface area contributed by atoms with E-state index in [9.17, 15) is 0 Å². The number of benzene rings is 1. The lowest BCUT2D eigenvalue weighted by Crippen LogP contribution is -1.75.